The van der Waals surface area contributed by atoms with Crippen LogP contribution in [0.2, 0.25) is 4.34 Å². The molecule has 1 aromatic rings. The lowest BCUT2D eigenvalue weighted by atomic mass is 9.78. The second-order valence-corrected chi connectivity index (χ2v) is 7.13. The van der Waals surface area contributed by atoms with Gasteiger partial charge in [-0.3, -0.25) is 4.79 Å². The van der Waals surface area contributed by atoms with Crippen LogP contribution in [-0.4, -0.2) is 44.7 Å². The number of hydrogen-bond donors (Lipinski definition) is 1. The van der Waals surface area contributed by atoms with Crippen LogP contribution in [0.15, 0.2) is 12.1 Å². The van der Waals surface area contributed by atoms with E-state index in [0.717, 1.165) is 35.1 Å². The fourth-order valence-electron chi connectivity index (χ4n) is 2.75. The number of amides is 1. The fourth-order valence-corrected chi connectivity index (χ4v) is 3.89. The normalized spacial score (nSPS) is 17.9. The van der Waals surface area contributed by atoms with Gasteiger partial charge in [0.2, 0.25) is 5.91 Å². The molecule has 6 heteroatoms. The number of carbonyl (C=O) groups is 1. The highest BCUT2D eigenvalue weighted by Gasteiger charge is 2.41. The van der Waals surface area contributed by atoms with Crippen LogP contribution >= 0.6 is 22.9 Å². The highest BCUT2D eigenvalue weighted by molar-refractivity contribution is 7.16. The Balaban J connectivity index is 2.06. The van der Waals surface area contributed by atoms with Crippen LogP contribution in [0.5, 0.6) is 0 Å². The largest absolute Gasteiger partial charge is 0.384 e. The molecule has 4 nitrogen and oxygen atoms in total. The summed E-state index contributed by atoms with van der Waals surface area (Å²) in [6.07, 6.45) is 1.66. The van der Waals surface area contributed by atoms with Crippen molar-refractivity contribution in [3.05, 3.63) is 21.3 Å². The number of carbonyl (C=O) groups excluding carboxylic acids is 1. The van der Waals surface area contributed by atoms with E-state index in [9.17, 15) is 4.79 Å². The SMILES string of the molecule is COCC1(C(=O)N(C)Cc2ccc(Cl)s2)CCNCC1. The van der Waals surface area contributed by atoms with Crippen molar-refractivity contribution in [1.29, 1.82) is 0 Å². The molecule has 0 bridgehead atoms. The highest BCUT2D eigenvalue weighted by atomic mass is 35.5. The molecule has 0 saturated carbocycles. The van der Waals surface area contributed by atoms with Gasteiger partial charge in [0.25, 0.3) is 0 Å². The molecule has 2 heterocycles. The maximum Gasteiger partial charge on any atom is 0.231 e. The van der Waals surface area contributed by atoms with Crippen molar-refractivity contribution in [2.45, 2.75) is 19.4 Å². The molecule has 2 rings (SSSR count). The number of rotatable bonds is 5. The minimum Gasteiger partial charge on any atom is -0.384 e. The van der Waals surface area contributed by atoms with Crippen LogP contribution < -0.4 is 5.32 Å². The Morgan fingerprint density at radius 3 is 2.75 bits per heavy atom. The fraction of sp³-hybridized carbons (Fsp3) is 0.643. The van der Waals surface area contributed by atoms with E-state index in [1.165, 1.54) is 11.3 Å². The molecule has 20 heavy (non-hydrogen) atoms. The van der Waals surface area contributed by atoms with Crippen molar-refractivity contribution in [2.24, 2.45) is 5.41 Å². The van der Waals surface area contributed by atoms with Crippen molar-refractivity contribution in [2.75, 3.05) is 33.9 Å². The van der Waals surface area contributed by atoms with E-state index in [1.54, 1.807) is 12.0 Å². The molecule has 0 aromatic carbocycles. The molecular weight excluding hydrogens is 296 g/mol. The molecular formula is C14H21ClN2O2S. The van der Waals surface area contributed by atoms with Crippen molar-refractivity contribution in [3.8, 4) is 0 Å². The third kappa shape index (κ3) is 3.52. The van der Waals surface area contributed by atoms with E-state index in [4.69, 9.17) is 16.3 Å². The van der Waals surface area contributed by atoms with E-state index >= 15 is 0 Å². The van der Waals surface area contributed by atoms with Gasteiger partial charge in [0, 0.05) is 19.0 Å². The molecule has 0 unspecified atom stereocenters. The Morgan fingerprint density at radius 2 is 2.20 bits per heavy atom. The lowest BCUT2D eigenvalue weighted by Gasteiger charge is -2.38. The van der Waals surface area contributed by atoms with E-state index in [2.05, 4.69) is 5.32 Å². The maximum atomic E-state index is 12.8. The smallest absolute Gasteiger partial charge is 0.231 e. The van der Waals surface area contributed by atoms with Crippen LogP contribution in [-0.2, 0) is 16.1 Å². The number of methoxy groups -OCH3 is 1. The predicted octanol–water partition coefficient (Wildman–Crippen LogP) is 2.38. The van der Waals surface area contributed by atoms with Gasteiger partial charge in [-0.05, 0) is 38.1 Å². The Bertz CT molecular complexity index is 452. The molecule has 1 aliphatic heterocycles. The number of thiophene rings is 1. The average Bonchev–Trinajstić information content (AvgIpc) is 2.84. The summed E-state index contributed by atoms with van der Waals surface area (Å²) in [5.74, 6) is 0.172. The van der Waals surface area contributed by atoms with Crippen LogP contribution in [0.1, 0.15) is 17.7 Å². The molecule has 0 spiro atoms. The first-order valence-corrected chi connectivity index (χ1v) is 7.96. The Labute approximate surface area is 129 Å². The van der Waals surface area contributed by atoms with Gasteiger partial charge in [-0.1, -0.05) is 11.6 Å². The summed E-state index contributed by atoms with van der Waals surface area (Å²) in [5.41, 5.74) is -0.379. The molecule has 1 aromatic heterocycles. The second kappa shape index (κ2) is 6.89. The van der Waals surface area contributed by atoms with E-state index in [1.807, 2.05) is 19.2 Å². The van der Waals surface area contributed by atoms with Crippen molar-refractivity contribution >= 4 is 28.8 Å². The zero-order chi connectivity index (χ0) is 14.6. The van der Waals surface area contributed by atoms with Gasteiger partial charge in [0.1, 0.15) is 0 Å². The zero-order valence-corrected chi connectivity index (χ0v) is 13.5. The highest BCUT2D eigenvalue weighted by Crippen LogP contribution is 2.32. The first kappa shape index (κ1) is 15.8. The third-order valence-electron chi connectivity index (χ3n) is 3.80. The van der Waals surface area contributed by atoms with Crippen LogP contribution in [0.25, 0.3) is 0 Å². The molecule has 1 aliphatic rings. The first-order chi connectivity index (χ1) is 9.57. The third-order valence-corrected chi connectivity index (χ3v) is 5.02. The summed E-state index contributed by atoms with van der Waals surface area (Å²) in [5, 5.41) is 3.30. The Morgan fingerprint density at radius 1 is 1.50 bits per heavy atom. The summed E-state index contributed by atoms with van der Waals surface area (Å²) in [7, 11) is 3.52. The quantitative estimate of drug-likeness (QED) is 0.907. The summed E-state index contributed by atoms with van der Waals surface area (Å²) < 4.78 is 6.08. The number of piperidine rings is 1. The van der Waals surface area contributed by atoms with Gasteiger partial charge >= 0.3 is 0 Å². The molecule has 112 valence electrons. The average molecular weight is 317 g/mol. The maximum absolute atomic E-state index is 12.8. The molecule has 0 atom stereocenters. The first-order valence-electron chi connectivity index (χ1n) is 6.77. The number of nitrogens with one attached hydrogen (secondary N) is 1. The van der Waals surface area contributed by atoms with Crippen LogP contribution in [0.4, 0.5) is 0 Å². The standard InChI is InChI=1S/C14H21ClN2O2S/c1-17(9-11-3-4-12(15)20-11)13(18)14(10-19-2)5-7-16-8-6-14/h3-4,16H,5-10H2,1-2H3. The van der Waals surface area contributed by atoms with Crippen molar-refractivity contribution in [3.63, 3.8) is 0 Å². The molecule has 1 fully saturated rings. The van der Waals surface area contributed by atoms with E-state index in [-0.39, 0.29) is 11.3 Å². The predicted molar refractivity (Wildman–Crippen MR) is 82.2 cm³/mol. The summed E-state index contributed by atoms with van der Waals surface area (Å²) >= 11 is 7.46. The lowest BCUT2D eigenvalue weighted by molar-refractivity contribution is -0.146. The molecule has 1 amide bonds. The number of nitrogens with zero attached hydrogens (tertiary/aromatic N) is 1. The lowest BCUT2D eigenvalue weighted by Crippen LogP contribution is -2.50. The van der Waals surface area contributed by atoms with Gasteiger partial charge in [-0.25, -0.2) is 0 Å². The topological polar surface area (TPSA) is 41.6 Å². The Hall–Kier alpha value is -0.620. The van der Waals surface area contributed by atoms with Crippen molar-refractivity contribution in [1.82, 2.24) is 10.2 Å². The summed E-state index contributed by atoms with van der Waals surface area (Å²) in [6, 6.07) is 3.84. The van der Waals surface area contributed by atoms with Gasteiger partial charge in [-0.2, -0.15) is 0 Å². The minimum atomic E-state index is -0.379. The van der Waals surface area contributed by atoms with Gasteiger partial charge in [-0.15, -0.1) is 11.3 Å². The van der Waals surface area contributed by atoms with E-state index < -0.39 is 0 Å². The van der Waals surface area contributed by atoms with Gasteiger partial charge < -0.3 is 15.0 Å². The van der Waals surface area contributed by atoms with Gasteiger partial charge in [0.05, 0.1) is 22.9 Å². The number of halogens is 1. The minimum absolute atomic E-state index is 0.172. The number of hydrogen-bond acceptors (Lipinski definition) is 4. The molecule has 1 saturated heterocycles. The molecule has 0 aliphatic carbocycles. The van der Waals surface area contributed by atoms with E-state index in [0.29, 0.717) is 13.2 Å². The molecule has 0 radical (unpaired) electrons. The summed E-state index contributed by atoms with van der Waals surface area (Å²) in [6.45, 7) is 2.83. The van der Waals surface area contributed by atoms with Gasteiger partial charge in [0.15, 0.2) is 0 Å². The number of ether oxygens (including phenoxy) is 1. The van der Waals surface area contributed by atoms with Crippen LogP contribution in [0.3, 0.4) is 0 Å². The molecule has 1 N–H and O–H groups in total. The zero-order valence-electron chi connectivity index (χ0n) is 11.9. The Kier molecular flexibility index (Phi) is 5.43. The van der Waals surface area contributed by atoms with Crippen molar-refractivity contribution < 1.29 is 9.53 Å². The monoisotopic (exact) mass is 316 g/mol. The van der Waals surface area contributed by atoms with Crippen LogP contribution in [0, 0.1) is 5.41 Å². The second-order valence-electron chi connectivity index (χ2n) is 5.33. The summed E-state index contributed by atoms with van der Waals surface area (Å²) in [4.78, 5) is 15.7.